The van der Waals surface area contributed by atoms with Crippen LogP contribution in [0.2, 0.25) is 0 Å². The van der Waals surface area contributed by atoms with E-state index in [-0.39, 0.29) is 13.3 Å². The topological polar surface area (TPSA) is 647 Å². The number of benzene rings is 3. The van der Waals surface area contributed by atoms with Crippen molar-refractivity contribution in [2.45, 2.75) is 33.1 Å². The normalized spacial score (nSPS) is 10.4. The molecule has 0 heterocycles. The van der Waals surface area contributed by atoms with Crippen molar-refractivity contribution < 1.29 is 186 Å². The van der Waals surface area contributed by atoms with Crippen LogP contribution in [0.5, 0.6) is 0 Å². The van der Waals surface area contributed by atoms with Crippen LogP contribution in [0.1, 0.15) is 220 Å². The molecule has 0 aromatic heterocycles. The van der Waals surface area contributed by atoms with Crippen molar-refractivity contribution in [2.75, 3.05) is 6.61 Å². The summed E-state index contributed by atoms with van der Waals surface area (Å²) >= 11 is 0. The Kier molecular flexibility index (Phi) is 19.6. The van der Waals surface area contributed by atoms with Crippen molar-refractivity contribution in [1.82, 2.24) is 0 Å². The highest BCUT2D eigenvalue weighted by Gasteiger charge is 2.48. The minimum Gasteiger partial charge on any atom is -0.481 e. The predicted molar refractivity (Wildman–Crippen MR) is 239 cm³/mol. The molecule has 3 rings (SSSR count). The Morgan fingerprint density at radius 3 is 0.687 bits per heavy atom. The fraction of sp³-hybridized carbons (Fsp3) is 0.133. The molecular weight excluding hydrogens is 1150 g/mol. The monoisotopic (exact) mass is 1170 g/mol. The highest BCUT2D eigenvalue weighted by atomic mass is 16.6. The van der Waals surface area contributed by atoms with E-state index < -0.39 is 245 Å². The SMILES string of the molecule is CCCOC(=O)c1c(C(=O)O)c(C(=O)OC(=O)CCC(=O)O)c(C(=O)OC(=O)c2c(C(=O)O)c(C(=O)O)c(C(=O)O)c(C(=O)O)c2C(=O)O)c(C(=O)OC(=O)c2c(C(=O)O)c(C(=O)O)c(C(=O)O)c(C(=O)O)c2C(=O)O)c1C(=O)OC(C)=O. The van der Waals surface area contributed by atoms with E-state index in [4.69, 9.17) is 9.84 Å². The first-order valence-corrected chi connectivity index (χ1v) is 21.0. The molecule has 0 radical (unpaired) electrons. The smallest absolute Gasteiger partial charge is 0.347 e. The molecule has 0 saturated heterocycles. The molecule has 0 amide bonds. The third-order valence-corrected chi connectivity index (χ3v) is 10.1. The van der Waals surface area contributed by atoms with Crippen molar-refractivity contribution >= 4 is 125 Å². The van der Waals surface area contributed by atoms with E-state index in [1.54, 1.807) is 0 Å². The van der Waals surface area contributed by atoms with E-state index >= 15 is 0 Å². The van der Waals surface area contributed by atoms with Gasteiger partial charge in [0, 0.05) is 6.92 Å². The summed E-state index contributed by atoms with van der Waals surface area (Å²) in [4.78, 5) is 275. The Hall–Kier alpha value is -12.7. The molecule has 3 aromatic rings. The van der Waals surface area contributed by atoms with Crippen LogP contribution in [0.15, 0.2) is 0 Å². The third-order valence-electron chi connectivity index (χ3n) is 10.1. The number of carboxylic acid groups (broad SMARTS) is 12. The largest absolute Gasteiger partial charge is 0.481 e. The van der Waals surface area contributed by atoms with Gasteiger partial charge in [0.15, 0.2) is 0 Å². The van der Waals surface area contributed by atoms with Crippen LogP contribution >= 0.6 is 0 Å². The maximum Gasteiger partial charge on any atom is 0.347 e. The van der Waals surface area contributed by atoms with Gasteiger partial charge >= 0.3 is 125 Å². The van der Waals surface area contributed by atoms with Gasteiger partial charge in [0.2, 0.25) is 0 Å². The number of hydrogen-bond acceptors (Lipinski definition) is 26. The molecule has 0 aliphatic heterocycles. The lowest BCUT2D eigenvalue weighted by molar-refractivity contribution is -0.144. The van der Waals surface area contributed by atoms with Crippen molar-refractivity contribution in [1.29, 1.82) is 0 Å². The van der Waals surface area contributed by atoms with Crippen LogP contribution in [0.25, 0.3) is 0 Å². The molecule has 0 bridgehead atoms. The van der Waals surface area contributed by atoms with Gasteiger partial charge in [-0.25, -0.2) is 86.3 Å². The first-order valence-electron chi connectivity index (χ1n) is 21.0. The van der Waals surface area contributed by atoms with Crippen LogP contribution in [-0.4, -0.2) is 193 Å². The van der Waals surface area contributed by atoms with Crippen molar-refractivity contribution in [3.8, 4) is 0 Å². The second-order valence-electron chi connectivity index (χ2n) is 15.1. The second-order valence-corrected chi connectivity index (χ2v) is 15.1. The third kappa shape index (κ3) is 12.9. The average molecular weight is 1170 g/mol. The maximum atomic E-state index is 14.8. The summed E-state index contributed by atoms with van der Waals surface area (Å²) < 4.78 is 22.3. The minimum absolute atomic E-state index is 0.267. The van der Waals surface area contributed by atoms with Gasteiger partial charge in [-0.15, -0.1) is 0 Å². The van der Waals surface area contributed by atoms with E-state index in [1.165, 1.54) is 6.92 Å². The summed E-state index contributed by atoms with van der Waals surface area (Å²) in [6.45, 7) is 0.471. The molecule has 0 saturated carbocycles. The van der Waals surface area contributed by atoms with Crippen molar-refractivity contribution in [2.24, 2.45) is 0 Å². The summed E-state index contributed by atoms with van der Waals surface area (Å²) in [5.74, 6) is -58.5. The molecule has 0 atom stereocenters. The molecule has 0 spiro atoms. The Morgan fingerprint density at radius 1 is 0.265 bits per heavy atom. The fourth-order valence-corrected chi connectivity index (χ4v) is 7.27. The van der Waals surface area contributed by atoms with Crippen LogP contribution in [0.4, 0.5) is 0 Å². The van der Waals surface area contributed by atoms with Crippen LogP contribution in [0.3, 0.4) is 0 Å². The summed E-state index contributed by atoms with van der Waals surface area (Å²) in [7, 11) is 0. The number of esters is 9. The number of aromatic carboxylic acids is 11. The number of ether oxygens (including phenoxy) is 5. The van der Waals surface area contributed by atoms with Gasteiger partial charge in [-0.2, -0.15) is 0 Å². The van der Waals surface area contributed by atoms with Gasteiger partial charge in [0.05, 0.1) is 120 Å². The average Bonchev–Trinajstić information content (AvgIpc) is 2.07. The standard InChI is InChI=1S/C45H26O38/c1-3-6-79-39(72)23-20(38(70)71)24(41(74)81-9(49)5-4-8(47)48)26(44(77)82-42(75)21-16(34(62)63)12(30(54)55)10(28(50)51)13(31(56)57)17(21)35(64)65)27(25(23)40(73)80-7(2)46)45(78)83-43(76)22-18(36(66)67)14(32(58)59)11(29(52)53)15(33(60)61)19(22)37(68)69/h3-6H2,1-2H3,(H,47,48)(H,50,51)(H,52,53)(H,54,55)(H,56,57)(H,58,59)(H,60,61)(H,62,63)(H,64,65)(H,66,67)(H,68,69)(H,70,71). The Labute approximate surface area is 450 Å². The van der Waals surface area contributed by atoms with Gasteiger partial charge in [-0.3, -0.25) is 14.4 Å². The number of rotatable bonds is 23. The molecule has 0 fully saturated rings. The van der Waals surface area contributed by atoms with Crippen molar-refractivity contribution in [3.63, 3.8) is 0 Å². The van der Waals surface area contributed by atoms with Gasteiger partial charge < -0.3 is 85.0 Å². The molecule has 12 N–H and O–H groups in total. The maximum absolute atomic E-state index is 14.8. The Bertz CT molecular complexity index is 3550. The van der Waals surface area contributed by atoms with Gasteiger partial charge in [-0.1, -0.05) is 6.92 Å². The first kappa shape index (κ1) is 64.6. The number of aliphatic carboxylic acids is 1. The summed E-state index contributed by atoms with van der Waals surface area (Å²) in [6, 6.07) is 0. The summed E-state index contributed by atoms with van der Waals surface area (Å²) in [5, 5.41) is 119. The molecule has 0 aliphatic carbocycles. The minimum atomic E-state index is -3.28. The van der Waals surface area contributed by atoms with Gasteiger partial charge in [0.1, 0.15) is 0 Å². The zero-order chi connectivity index (χ0) is 63.9. The highest BCUT2D eigenvalue weighted by molar-refractivity contribution is 6.30. The molecule has 38 nitrogen and oxygen atoms in total. The quantitative estimate of drug-likeness (QED) is 0.0342. The highest BCUT2D eigenvalue weighted by Crippen LogP contribution is 2.37. The van der Waals surface area contributed by atoms with Gasteiger partial charge in [0.25, 0.3) is 0 Å². The second kappa shape index (κ2) is 25.2. The van der Waals surface area contributed by atoms with Crippen LogP contribution in [-0.2, 0) is 38.1 Å². The molecule has 3 aromatic carbocycles. The van der Waals surface area contributed by atoms with E-state index in [2.05, 4.69) is 18.9 Å². The zero-order valence-electron chi connectivity index (χ0n) is 40.3. The van der Waals surface area contributed by atoms with E-state index in [0.29, 0.717) is 0 Å². The first-order chi connectivity index (χ1) is 38.3. The number of carbonyl (C=O) groups is 21. The molecular formula is C45H26O38. The Balaban J connectivity index is 3.00. The molecule has 434 valence electrons. The van der Waals surface area contributed by atoms with E-state index in [9.17, 15) is 157 Å². The molecule has 0 unspecified atom stereocenters. The molecule has 0 aliphatic rings. The zero-order valence-corrected chi connectivity index (χ0v) is 40.3. The molecule has 38 heteroatoms. The molecule has 83 heavy (non-hydrogen) atoms. The number of carbonyl (C=O) groups excluding carboxylic acids is 9. The lowest BCUT2D eigenvalue weighted by atomic mass is 9.85. The van der Waals surface area contributed by atoms with E-state index in [1.807, 2.05) is 0 Å². The predicted octanol–water partition coefficient (Wildman–Crippen LogP) is 0.180. The van der Waals surface area contributed by atoms with Crippen LogP contribution in [0, 0.1) is 0 Å². The lowest BCUT2D eigenvalue weighted by Gasteiger charge is -2.22. The lowest BCUT2D eigenvalue weighted by Crippen LogP contribution is -2.34. The van der Waals surface area contributed by atoms with Gasteiger partial charge in [-0.05, 0) is 6.42 Å². The van der Waals surface area contributed by atoms with Crippen LogP contribution < -0.4 is 0 Å². The summed E-state index contributed by atoms with van der Waals surface area (Å²) in [5.41, 5.74) is -44.0. The van der Waals surface area contributed by atoms with E-state index in [0.717, 1.165) is 0 Å². The number of carboxylic acids is 12. The van der Waals surface area contributed by atoms with Crippen molar-refractivity contribution in [3.05, 3.63) is 100 Å². The Morgan fingerprint density at radius 2 is 0.458 bits per heavy atom. The number of hydrogen-bond donors (Lipinski definition) is 12. The fourth-order valence-electron chi connectivity index (χ4n) is 7.27. The summed E-state index contributed by atoms with van der Waals surface area (Å²) in [6.07, 6.45) is -3.18.